The van der Waals surface area contributed by atoms with Crippen LogP contribution in [0.25, 0.3) is 0 Å². The molecule has 0 aromatic heterocycles. The van der Waals surface area contributed by atoms with Gasteiger partial charge in [-0.3, -0.25) is 10.1 Å². The van der Waals surface area contributed by atoms with E-state index < -0.39 is 16.6 Å². The first-order chi connectivity index (χ1) is 12.7. The van der Waals surface area contributed by atoms with Crippen LogP contribution in [0.15, 0.2) is 29.3 Å². The summed E-state index contributed by atoms with van der Waals surface area (Å²) in [5, 5.41) is 19.7. The summed E-state index contributed by atoms with van der Waals surface area (Å²) in [6, 6.07) is 6.31. The van der Waals surface area contributed by atoms with Crippen molar-refractivity contribution in [2.75, 3.05) is 19.6 Å². The average Bonchev–Trinajstić information content (AvgIpc) is 2.58. The molecule has 0 aliphatic heterocycles. The van der Waals surface area contributed by atoms with Crippen LogP contribution in [0.2, 0.25) is 0 Å². The SMILES string of the molecule is CCNC(=NCc1ccc([N+](=O)[O-])cc1)NCCCNC(=O)OC(C)(C)C.I. The Bertz CT molecular complexity index is 644. The van der Waals surface area contributed by atoms with E-state index in [1.54, 1.807) is 12.1 Å². The van der Waals surface area contributed by atoms with E-state index in [0.717, 1.165) is 5.56 Å². The van der Waals surface area contributed by atoms with Crippen molar-refractivity contribution < 1.29 is 14.5 Å². The van der Waals surface area contributed by atoms with Crippen LogP contribution in [0.4, 0.5) is 10.5 Å². The summed E-state index contributed by atoms with van der Waals surface area (Å²) in [7, 11) is 0. The molecule has 3 N–H and O–H groups in total. The number of hydrogen-bond donors (Lipinski definition) is 3. The fourth-order valence-electron chi connectivity index (χ4n) is 2.03. The van der Waals surface area contributed by atoms with E-state index in [1.165, 1.54) is 12.1 Å². The van der Waals surface area contributed by atoms with Crippen molar-refractivity contribution in [2.24, 2.45) is 4.99 Å². The molecule has 9 nitrogen and oxygen atoms in total. The second kappa shape index (κ2) is 13.1. The number of alkyl carbamates (subject to hydrolysis) is 1. The largest absolute Gasteiger partial charge is 0.444 e. The molecule has 0 fully saturated rings. The Hall–Kier alpha value is -2.11. The highest BCUT2D eigenvalue weighted by Crippen LogP contribution is 2.12. The first kappa shape index (κ1) is 25.9. The van der Waals surface area contributed by atoms with Crippen LogP contribution in [-0.4, -0.2) is 42.2 Å². The number of ether oxygens (including phenoxy) is 1. The Morgan fingerprint density at radius 3 is 2.29 bits per heavy atom. The zero-order valence-electron chi connectivity index (χ0n) is 16.8. The molecule has 0 aliphatic carbocycles. The molecule has 1 aromatic carbocycles. The summed E-state index contributed by atoms with van der Waals surface area (Å²) in [4.78, 5) is 26.2. The molecule has 0 saturated carbocycles. The van der Waals surface area contributed by atoms with Gasteiger partial charge in [-0.25, -0.2) is 9.79 Å². The van der Waals surface area contributed by atoms with Gasteiger partial charge in [-0.2, -0.15) is 0 Å². The molecule has 0 heterocycles. The van der Waals surface area contributed by atoms with Gasteiger partial charge in [0.25, 0.3) is 5.69 Å². The number of halogens is 1. The Labute approximate surface area is 182 Å². The molecule has 0 saturated heterocycles. The van der Waals surface area contributed by atoms with E-state index >= 15 is 0 Å². The summed E-state index contributed by atoms with van der Waals surface area (Å²) in [6.45, 7) is 9.65. The molecular weight excluding hydrogens is 477 g/mol. The third-order valence-electron chi connectivity index (χ3n) is 3.23. The van der Waals surface area contributed by atoms with Gasteiger partial charge in [0.1, 0.15) is 5.60 Å². The molecule has 0 radical (unpaired) electrons. The predicted molar refractivity (Wildman–Crippen MR) is 120 cm³/mol. The van der Waals surface area contributed by atoms with E-state index in [9.17, 15) is 14.9 Å². The number of non-ortho nitro benzene ring substituents is 1. The third kappa shape index (κ3) is 11.6. The van der Waals surface area contributed by atoms with Crippen molar-refractivity contribution in [1.82, 2.24) is 16.0 Å². The fraction of sp³-hybridized carbons (Fsp3) is 0.556. The topological polar surface area (TPSA) is 118 Å². The monoisotopic (exact) mass is 507 g/mol. The Morgan fingerprint density at radius 2 is 1.75 bits per heavy atom. The van der Waals surface area contributed by atoms with E-state index in [4.69, 9.17) is 4.74 Å². The highest BCUT2D eigenvalue weighted by molar-refractivity contribution is 14.0. The number of guanidine groups is 1. The van der Waals surface area contributed by atoms with E-state index in [1.807, 2.05) is 27.7 Å². The Morgan fingerprint density at radius 1 is 1.14 bits per heavy atom. The second-order valence-corrected chi connectivity index (χ2v) is 6.83. The number of rotatable bonds is 8. The number of hydrogen-bond acceptors (Lipinski definition) is 5. The van der Waals surface area contributed by atoms with Gasteiger partial charge < -0.3 is 20.7 Å². The highest BCUT2D eigenvalue weighted by atomic mass is 127. The normalized spacial score (nSPS) is 11.2. The number of nitrogens with zero attached hydrogens (tertiary/aromatic N) is 2. The van der Waals surface area contributed by atoms with Crippen LogP contribution < -0.4 is 16.0 Å². The number of carbonyl (C=O) groups is 1. The van der Waals surface area contributed by atoms with Crippen LogP contribution >= 0.6 is 24.0 Å². The number of nitro groups is 1. The number of benzene rings is 1. The van der Waals surface area contributed by atoms with Gasteiger partial charge in [0.2, 0.25) is 0 Å². The van der Waals surface area contributed by atoms with Crippen LogP contribution in [0.5, 0.6) is 0 Å². The number of nitrogens with one attached hydrogen (secondary N) is 3. The summed E-state index contributed by atoms with van der Waals surface area (Å²) in [5.41, 5.74) is 0.431. The van der Waals surface area contributed by atoms with Gasteiger partial charge in [0.05, 0.1) is 11.5 Å². The van der Waals surface area contributed by atoms with E-state index in [-0.39, 0.29) is 29.7 Å². The minimum atomic E-state index is -0.509. The molecule has 1 rings (SSSR count). The minimum Gasteiger partial charge on any atom is -0.444 e. The molecule has 0 spiro atoms. The quantitative estimate of drug-likeness (QED) is 0.124. The minimum absolute atomic E-state index is 0. The molecular formula is C18H30IN5O4. The van der Waals surface area contributed by atoms with Gasteiger partial charge in [0, 0.05) is 31.8 Å². The molecule has 1 amide bonds. The van der Waals surface area contributed by atoms with Crippen molar-refractivity contribution in [2.45, 2.75) is 46.3 Å². The second-order valence-electron chi connectivity index (χ2n) is 6.83. The van der Waals surface area contributed by atoms with Gasteiger partial charge in [-0.15, -0.1) is 24.0 Å². The molecule has 1 aromatic rings. The molecule has 0 aliphatic rings. The van der Waals surface area contributed by atoms with Gasteiger partial charge in [-0.05, 0) is 39.7 Å². The zero-order valence-corrected chi connectivity index (χ0v) is 19.1. The smallest absolute Gasteiger partial charge is 0.407 e. The van der Waals surface area contributed by atoms with Crippen molar-refractivity contribution in [3.05, 3.63) is 39.9 Å². The van der Waals surface area contributed by atoms with E-state index in [0.29, 0.717) is 38.6 Å². The third-order valence-corrected chi connectivity index (χ3v) is 3.23. The number of carbonyl (C=O) groups excluding carboxylic acids is 1. The standard InChI is InChI=1S/C18H29N5O4.HI/c1-5-19-16(20-11-6-12-21-17(24)27-18(2,3)4)22-13-14-7-9-15(10-8-14)23(25)26;/h7-10H,5-6,11-13H2,1-4H3,(H,21,24)(H2,19,20,22);1H. The number of aliphatic imine (C=N–C) groups is 1. The lowest BCUT2D eigenvalue weighted by molar-refractivity contribution is -0.384. The first-order valence-electron chi connectivity index (χ1n) is 8.93. The van der Waals surface area contributed by atoms with Crippen molar-refractivity contribution in [3.63, 3.8) is 0 Å². The zero-order chi connectivity index (χ0) is 20.3. The van der Waals surface area contributed by atoms with Gasteiger partial charge in [0.15, 0.2) is 5.96 Å². The molecule has 0 atom stereocenters. The van der Waals surface area contributed by atoms with Crippen molar-refractivity contribution >= 4 is 41.7 Å². The van der Waals surface area contributed by atoms with Gasteiger partial charge in [-0.1, -0.05) is 12.1 Å². The van der Waals surface area contributed by atoms with Crippen LogP contribution in [0.3, 0.4) is 0 Å². The summed E-state index contributed by atoms with van der Waals surface area (Å²) < 4.78 is 5.17. The summed E-state index contributed by atoms with van der Waals surface area (Å²) in [5.74, 6) is 0.646. The predicted octanol–water partition coefficient (Wildman–Crippen LogP) is 3.18. The van der Waals surface area contributed by atoms with Crippen LogP contribution in [0, 0.1) is 10.1 Å². The molecule has 158 valence electrons. The maximum Gasteiger partial charge on any atom is 0.407 e. The molecule has 0 bridgehead atoms. The van der Waals surface area contributed by atoms with Crippen molar-refractivity contribution in [1.29, 1.82) is 0 Å². The van der Waals surface area contributed by atoms with Crippen LogP contribution in [-0.2, 0) is 11.3 Å². The van der Waals surface area contributed by atoms with Gasteiger partial charge >= 0.3 is 6.09 Å². The highest BCUT2D eigenvalue weighted by Gasteiger charge is 2.15. The number of nitro benzene ring substituents is 1. The van der Waals surface area contributed by atoms with Crippen LogP contribution in [0.1, 0.15) is 39.7 Å². The maximum absolute atomic E-state index is 11.6. The first-order valence-corrected chi connectivity index (χ1v) is 8.93. The molecule has 28 heavy (non-hydrogen) atoms. The summed E-state index contributed by atoms with van der Waals surface area (Å²) >= 11 is 0. The Balaban J connectivity index is 0.00000729. The maximum atomic E-state index is 11.6. The molecule has 10 heteroatoms. The number of amides is 1. The average molecular weight is 507 g/mol. The fourth-order valence-corrected chi connectivity index (χ4v) is 2.03. The lowest BCUT2D eigenvalue weighted by atomic mass is 10.2. The lowest BCUT2D eigenvalue weighted by Gasteiger charge is -2.19. The Kier molecular flexibility index (Phi) is 12.1. The summed E-state index contributed by atoms with van der Waals surface area (Å²) in [6.07, 6.45) is 0.280. The van der Waals surface area contributed by atoms with E-state index in [2.05, 4.69) is 20.9 Å². The molecule has 0 unspecified atom stereocenters. The van der Waals surface area contributed by atoms with Crippen molar-refractivity contribution in [3.8, 4) is 0 Å². The lowest BCUT2D eigenvalue weighted by Crippen LogP contribution is -2.39.